The normalized spacial score (nSPS) is 10.2. The number of H-pyrrole nitrogens is 2. The Morgan fingerprint density at radius 2 is 1.95 bits per heavy atom. The van der Waals surface area contributed by atoms with Gasteiger partial charge in [0.25, 0.3) is 5.56 Å². The standard InChI is InChI=1S/C12H12N2O5/c1-18-6-3-4-8(19-2)7(5-6)9-10(12(16)17)13-14-11(9)15/h3-5H,1-2H3,(H,16,17)(H2,13,14,15). The first-order chi connectivity index (χ1) is 9.08. The Balaban J connectivity index is 2.73. The predicted octanol–water partition coefficient (Wildman–Crippen LogP) is 1.09. The number of methoxy groups -OCH3 is 2. The highest BCUT2D eigenvalue weighted by atomic mass is 16.5. The predicted molar refractivity (Wildman–Crippen MR) is 66.9 cm³/mol. The maximum Gasteiger partial charge on any atom is 0.354 e. The van der Waals surface area contributed by atoms with Crippen LogP contribution in [0.3, 0.4) is 0 Å². The summed E-state index contributed by atoms with van der Waals surface area (Å²) in [5, 5.41) is 13.6. The van der Waals surface area contributed by atoms with Crippen molar-refractivity contribution in [3.63, 3.8) is 0 Å². The molecule has 0 aliphatic heterocycles. The molecular weight excluding hydrogens is 252 g/mol. The zero-order chi connectivity index (χ0) is 14.0. The van der Waals surface area contributed by atoms with E-state index < -0.39 is 11.5 Å². The molecule has 0 aliphatic carbocycles. The maximum atomic E-state index is 11.8. The van der Waals surface area contributed by atoms with Gasteiger partial charge in [-0.25, -0.2) is 4.79 Å². The van der Waals surface area contributed by atoms with Crippen LogP contribution >= 0.6 is 0 Å². The van der Waals surface area contributed by atoms with Crippen LogP contribution < -0.4 is 15.0 Å². The highest BCUT2D eigenvalue weighted by Gasteiger charge is 2.21. The second-order valence-electron chi connectivity index (χ2n) is 3.70. The Bertz CT molecular complexity index is 671. The van der Waals surface area contributed by atoms with Crippen LogP contribution in [0.5, 0.6) is 11.5 Å². The third-order valence-electron chi connectivity index (χ3n) is 2.67. The summed E-state index contributed by atoms with van der Waals surface area (Å²) in [6.45, 7) is 0. The fourth-order valence-corrected chi connectivity index (χ4v) is 1.78. The zero-order valence-electron chi connectivity index (χ0n) is 10.3. The van der Waals surface area contributed by atoms with Crippen molar-refractivity contribution >= 4 is 5.97 Å². The topological polar surface area (TPSA) is 104 Å². The van der Waals surface area contributed by atoms with Crippen LogP contribution in [0, 0.1) is 0 Å². The van der Waals surface area contributed by atoms with Gasteiger partial charge in [0.15, 0.2) is 5.69 Å². The van der Waals surface area contributed by atoms with Gasteiger partial charge in [-0.1, -0.05) is 0 Å². The van der Waals surface area contributed by atoms with Crippen molar-refractivity contribution in [1.29, 1.82) is 0 Å². The van der Waals surface area contributed by atoms with Crippen LogP contribution in [-0.2, 0) is 0 Å². The summed E-state index contributed by atoms with van der Waals surface area (Å²) >= 11 is 0. The number of rotatable bonds is 4. The minimum absolute atomic E-state index is 0.00301. The number of aromatic nitrogens is 2. The molecule has 0 aliphatic rings. The van der Waals surface area contributed by atoms with Gasteiger partial charge in [0.05, 0.1) is 19.8 Å². The molecule has 7 heteroatoms. The van der Waals surface area contributed by atoms with Gasteiger partial charge in [-0.05, 0) is 18.2 Å². The van der Waals surface area contributed by atoms with E-state index in [1.165, 1.54) is 14.2 Å². The van der Waals surface area contributed by atoms with E-state index in [4.69, 9.17) is 14.6 Å². The zero-order valence-corrected chi connectivity index (χ0v) is 10.3. The summed E-state index contributed by atoms with van der Waals surface area (Å²) < 4.78 is 10.2. The lowest BCUT2D eigenvalue weighted by atomic mass is 10.0. The molecule has 1 aromatic carbocycles. The van der Waals surface area contributed by atoms with Crippen LogP contribution in [0.2, 0.25) is 0 Å². The summed E-state index contributed by atoms with van der Waals surface area (Å²) in [5.74, 6) is -0.362. The maximum absolute atomic E-state index is 11.8. The third-order valence-corrected chi connectivity index (χ3v) is 2.67. The van der Waals surface area contributed by atoms with E-state index in [9.17, 15) is 9.59 Å². The van der Waals surface area contributed by atoms with E-state index in [2.05, 4.69) is 10.2 Å². The smallest absolute Gasteiger partial charge is 0.354 e. The molecule has 0 bridgehead atoms. The van der Waals surface area contributed by atoms with Gasteiger partial charge in [-0.2, -0.15) is 0 Å². The van der Waals surface area contributed by atoms with Gasteiger partial charge in [0.1, 0.15) is 11.5 Å². The number of carbonyl (C=O) groups is 1. The molecule has 7 nitrogen and oxygen atoms in total. The molecule has 2 rings (SSSR count). The van der Waals surface area contributed by atoms with Crippen molar-refractivity contribution in [2.45, 2.75) is 0 Å². The van der Waals surface area contributed by atoms with Crippen molar-refractivity contribution in [3.8, 4) is 22.6 Å². The lowest BCUT2D eigenvalue weighted by molar-refractivity contribution is 0.0691. The number of hydrogen-bond donors (Lipinski definition) is 3. The second-order valence-corrected chi connectivity index (χ2v) is 3.70. The molecule has 0 spiro atoms. The van der Waals surface area contributed by atoms with Gasteiger partial charge in [-0.15, -0.1) is 0 Å². The lowest BCUT2D eigenvalue weighted by Crippen LogP contribution is -2.06. The van der Waals surface area contributed by atoms with Crippen LogP contribution in [0.15, 0.2) is 23.0 Å². The Hall–Kier alpha value is -2.70. The van der Waals surface area contributed by atoms with Crippen molar-refractivity contribution in [3.05, 3.63) is 34.2 Å². The summed E-state index contributed by atoms with van der Waals surface area (Å²) in [4.78, 5) is 22.9. The molecule has 0 saturated carbocycles. The molecular formula is C12H12N2O5. The molecule has 3 N–H and O–H groups in total. The van der Waals surface area contributed by atoms with E-state index >= 15 is 0 Å². The number of hydrogen-bond acceptors (Lipinski definition) is 4. The molecule has 0 amide bonds. The summed E-state index contributed by atoms with van der Waals surface area (Å²) in [6, 6.07) is 4.81. The monoisotopic (exact) mass is 264 g/mol. The Kier molecular flexibility index (Phi) is 3.28. The first-order valence-electron chi connectivity index (χ1n) is 5.34. The van der Waals surface area contributed by atoms with Crippen molar-refractivity contribution in [2.24, 2.45) is 0 Å². The largest absolute Gasteiger partial charge is 0.497 e. The van der Waals surface area contributed by atoms with Crippen molar-refractivity contribution in [1.82, 2.24) is 10.2 Å². The van der Waals surface area contributed by atoms with Crippen LogP contribution in [0.25, 0.3) is 11.1 Å². The molecule has 0 saturated heterocycles. The van der Waals surface area contributed by atoms with E-state index in [0.717, 1.165) is 0 Å². The number of carboxylic acid groups (broad SMARTS) is 1. The highest BCUT2D eigenvalue weighted by molar-refractivity contribution is 5.94. The van der Waals surface area contributed by atoms with Gasteiger partial charge in [0, 0.05) is 5.56 Å². The molecule has 19 heavy (non-hydrogen) atoms. The summed E-state index contributed by atoms with van der Waals surface area (Å²) in [5.41, 5.74) is -0.412. The number of benzene rings is 1. The van der Waals surface area contributed by atoms with E-state index in [1.807, 2.05) is 0 Å². The number of aromatic carboxylic acids is 1. The lowest BCUT2D eigenvalue weighted by Gasteiger charge is -2.09. The molecule has 0 radical (unpaired) electrons. The molecule has 0 fully saturated rings. The average molecular weight is 264 g/mol. The Labute approximate surface area is 107 Å². The molecule has 1 heterocycles. The van der Waals surface area contributed by atoms with Gasteiger partial charge in [0.2, 0.25) is 0 Å². The fraction of sp³-hybridized carbons (Fsp3) is 0.167. The molecule has 100 valence electrons. The van der Waals surface area contributed by atoms with Crippen molar-refractivity contribution in [2.75, 3.05) is 14.2 Å². The number of ether oxygens (including phenoxy) is 2. The Morgan fingerprint density at radius 1 is 1.21 bits per heavy atom. The van der Waals surface area contributed by atoms with Crippen LogP contribution in [-0.4, -0.2) is 35.5 Å². The van der Waals surface area contributed by atoms with E-state index in [1.54, 1.807) is 18.2 Å². The van der Waals surface area contributed by atoms with Gasteiger partial charge >= 0.3 is 5.97 Å². The van der Waals surface area contributed by atoms with Gasteiger partial charge < -0.3 is 14.6 Å². The highest BCUT2D eigenvalue weighted by Crippen LogP contribution is 2.32. The van der Waals surface area contributed by atoms with Crippen LogP contribution in [0.1, 0.15) is 10.5 Å². The first-order valence-corrected chi connectivity index (χ1v) is 5.34. The molecule has 0 unspecified atom stereocenters. The first kappa shape index (κ1) is 12.7. The minimum atomic E-state index is -1.24. The molecule has 2 aromatic rings. The number of aromatic amines is 2. The van der Waals surface area contributed by atoms with E-state index in [0.29, 0.717) is 17.1 Å². The third kappa shape index (κ3) is 2.17. The quantitative estimate of drug-likeness (QED) is 0.766. The molecule has 0 atom stereocenters. The molecule has 1 aromatic heterocycles. The SMILES string of the molecule is COc1ccc(OC)c(-c2c(C(=O)O)[nH][nH]c2=O)c1. The Morgan fingerprint density at radius 3 is 2.53 bits per heavy atom. The second kappa shape index (κ2) is 4.89. The number of carboxylic acids is 1. The summed E-state index contributed by atoms with van der Waals surface area (Å²) in [6.07, 6.45) is 0. The van der Waals surface area contributed by atoms with Gasteiger partial charge in [-0.3, -0.25) is 15.0 Å². The van der Waals surface area contributed by atoms with E-state index in [-0.39, 0.29) is 11.3 Å². The summed E-state index contributed by atoms with van der Waals surface area (Å²) in [7, 11) is 2.91. The average Bonchev–Trinajstić information content (AvgIpc) is 2.80. The minimum Gasteiger partial charge on any atom is -0.497 e. The number of nitrogens with one attached hydrogen (secondary N) is 2. The van der Waals surface area contributed by atoms with Crippen LogP contribution in [0.4, 0.5) is 0 Å². The fourth-order valence-electron chi connectivity index (χ4n) is 1.78. The van der Waals surface area contributed by atoms with Crippen molar-refractivity contribution < 1.29 is 19.4 Å².